The third kappa shape index (κ3) is 4.47. The Morgan fingerprint density at radius 2 is 2.00 bits per heavy atom. The number of sulfonamides is 1. The molecule has 1 aliphatic heterocycles. The zero-order chi connectivity index (χ0) is 17.9. The van der Waals surface area contributed by atoms with Gasteiger partial charge in [-0.25, -0.2) is 17.5 Å². The molecule has 4 nitrogen and oxygen atoms in total. The molecule has 1 atom stereocenters. The summed E-state index contributed by atoms with van der Waals surface area (Å²) in [4.78, 5) is 2.49. The molecule has 1 aromatic heterocycles. The Kier molecular flexibility index (Phi) is 5.89. The van der Waals surface area contributed by atoms with Gasteiger partial charge in [-0.1, -0.05) is 6.42 Å². The van der Waals surface area contributed by atoms with E-state index >= 15 is 0 Å². The summed E-state index contributed by atoms with van der Waals surface area (Å²) in [5, 5.41) is 4.10. The number of hydrogen-bond acceptors (Lipinski definition) is 4. The van der Waals surface area contributed by atoms with Gasteiger partial charge in [0.1, 0.15) is 5.82 Å². The molecule has 1 aromatic carbocycles. The fourth-order valence-corrected chi connectivity index (χ4v) is 5.30. The lowest BCUT2D eigenvalue weighted by Crippen LogP contribution is -2.40. The van der Waals surface area contributed by atoms with E-state index in [9.17, 15) is 12.8 Å². The number of piperidine rings is 1. The van der Waals surface area contributed by atoms with Gasteiger partial charge in [0, 0.05) is 12.6 Å². The Morgan fingerprint density at radius 1 is 1.24 bits per heavy atom. The van der Waals surface area contributed by atoms with Crippen LogP contribution in [-0.2, 0) is 10.0 Å². The van der Waals surface area contributed by atoms with Crippen molar-refractivity contribution in [3.05, 3.63) is 52.0 Å². The third-order valence-corrected chi connectivity index (χ3v) is 6.94. The molecule has 2 heterocycles. The largest absolute Gasteiger partial charge is 0.295 e. The monoisotopic (exact) mass is 382 g/mol. The molecule has 7 heteroatoms. The first-order chi connectivity index (χ1) is 12.0. The molecular formula is C18H23FN2O2S2. The maximum absolute atomic E-state index is 13.3. The van der Waals surface area contributed by atoms with Crippen LogP contribution >= 0.6 is 11.3 Å². The van der Waals surface area contributed by atoms with Crippen LogP contribution in [-0.4, -0.2) is 33.0 Å². The number of benzene rings is 1. The minimum absolute atomic E-state index is 0.0297. The van der Waals surface area contributed by atoms with Crippen LogP contribution in [0.4, 0.5) is 4.39 Å². The summed E-state index contributed by atoms with van der Waals surface area (Å²) in [7, 11) is -3.67. The second-order valence-electron chi connectivity index (χ2n) is 6.43. The predicted octanol–water partition coefficient (Wildman–Crippen LogP) is 3.70. The summed E-state index contributed by atoms with van der Waals surface area (Å²) in [6.07, 6.45) is 3.52. The average Bonchev–Trinajstić information content (AvgIpc) is 3.10. The lowest BCUT2D eigenvalue weighted by molar-refractivity contribution is 0.165. The maximum atomic E-state index is 13.3. The molecule has 136 valence electrons. The molecule has 2 aromatic rings. The quantitative estimate of drug-likeness (QED) is 0.829. The standard InChI is InChI=1S/C18H23FN2O2S2/c1-14-11-16(19)5-6-18(14)25(22,23)20-12-17(15-7-10-24-13-15)21-8-3-2-4-9-21/h5-7,10-11,13,17,20H,2-4,8-9,12H2,1H3. The fraction of sp³-hybridized carbons (Fsp3) is 0.444. The highest BCUT2D eigenvalue weighted by molar-refractivity contribution is 7.89. The zero-order valence-corrected chi connectivity index (χ0v) is 15.9. The van der Waals surface area contributed by atoms with Gasteiger partial charge < -0.3 is 0 Å². The summed E-state index contributed by atoms with van der Waals surface area (Å²) in [6, 6.07) is 5.84. The first-order valence-electron chi connectivity index (χ1n) is 8.49. The van der Waals surface area contributed by atoms with Gasteiger partial charge in [-0.05, 0) is 79.0 Å². The van der Waals surface area contributed by atoms with Crippen LogP contribution < -0.4 is 4.72 Å². The molecule has 1 unspecified atom stereocenters. The average molecular weight is 383 g/mol. The van der Waals surface area contributed by atoms with E-state index in [2.05, 4.69) is 21.1 Å². The van der Waals surface area contributed by atoms with Crippen molar-refractivity contribution in [1.82, 2.24) is 9.62 Å². The number of halogens is 1. The van der Waals surface area contributed by atoms with E-state index in [1.54, 1.807) is 18.3 Å². The smallest absolute Gasteiger partial charge is 0.240 e. The van der Waals surface area contributed by atoms with Crippen molar-refractivity contribution in [2.75, 3.05) is 19.6 Å². The van der Waals surface area contributed by atoms with Crippen molar-refractivity contribution in [3.63, 3.8) is 0 Å². The molecule has 0 spiro atoms. The SMILES string of the molecule is Cc1cc(F)ccc1S(=O)(=O)NCC(c1ccsc1)N1CCCCC1. The molecule has 0 aliphatic carbocycles. The van der Waals surface area contributed by atoms with Crippen LogP contribution in [0, 0.1) is 12.7 Å². The van der Waals surface area contributed by atoms with Crippen LogP contribution in [0.5, 0.6) is 0 Å². The first kappa shape index (κ1) is 18.5. The minimum atomic E-state index is -3.67. The number of likely N-dealkylation sites (tertiary alicyclic amines) is 1. The van der Waals surface area contributed by atoms with Crippen molar-refractivity contribution < 1.29 is 12.8 Å². The van der Waals surface area contributed by atoms with Gasteiger partial charge in [0.2, 0.25) is 10.0 Å². The highest BCUT2D eigenvalue weighted by Gasteiger charge is 2.25. The normalized spacial score (nSPS) is 17.5. The zero-order valence-electron chi connectivity index (χ0n) is 14.2. The number of nitrogens with one attached hydrogen (secondary N) is 1. The lowest BCUT2D eigenvalue weighted by atomic mass is 10.0. The number of thiophene rings is 1. The molecule has 0 radical (unpaired) electrons. The predicted molar refractivity (Wildman–Crippen MR) is 98.8 cm³/mol. The van der Waals surface area contributed by atoms with Crippen molar-refractivity contribution in [2.24, 2.45) is 0 Å². The van der Waals surface area contributed by atoms with E-state index in [-0.39, 0.29) is 10.9 Å². The van der Waals surface area contributed by atoms with Gasteiger partial charge in [-0.15, -0.1) is 0 Å². The van der Waals surface area contributed by atoms with Crippen molar-refractivity contribution in [2.45, 2.75) is 37.1 Å². The van der Waals surface area contributed by atoms with Gasteiger partial charge in [0.25, 0.3) is 0 Å². The van der Waals surface area contributed by atoms with E-state index in [1.165, 1.54) is 24.6 Å². The van der Waals surface area contributed by atoms with E-state index in [0.29, 0.717) is 12.1 Å². The molecule has 0 amide bonds. The molecule has 1 N–H and O–H groups in total. The van der Waals surface area contributed by atoms with E-state index < -0.39 is 15.8 Å². The molecule has 1 saturated heterocycles. The van der Waals surface area contributed by atoms with Gasteiger partial charge >= 0.3 is 0 Å². The van der Waals surface area contributed by atoms with Gasteiger partial charge in [-0.3, -0.25) is 4.90 Å². The molecule has 3 rings (SSSR count). The minimum Gasteiger partial charge on any atom is -0.295 e. The van der Waals surface area contributed by atoms with Crippen LogP contribution in [0.2, 0.25) is 0 Å². The maximum Gasteiger partial charge on any atom is 0.240 e. The van der Waals surface area contributed by atoms with Gasteiger partial charge in [0.05, 0.1) is 4.90 Å². The Bertz CT molecular complexity index is 800. The summed E-state index contributed by atoms with van der Waals surface area (Å²) in [5.74, 6) is -0.430. The Balaban J connectivity index is 1.78. The Labute approximate surface area is 152 Å². The third-order valence-electron chi connectivity index (χ3n) is 4.65. The molecule has 1 fully saturated rings. The molecule has 25 heavy (non-hydrogen) atoms. The van der Waals surface area contributed by atoms with E-state index in [0.717, 1.165) is 31.5 Å². The van der Waals surface area contributed by atoms with Crippen LogP contribution in [0.3, 0.4) is 0 Å². The Hall–Kier alpha value is -1.28. The number of aryl methyl sites for hydroxylation is 1. The van der Waals surface area contributed by atoms with E-state index in [1.807, 2.05) is 5.38 Å². The molecule has 1 aliphatic rings. The number of rotatable bonds is 6. The van der Waals surface area contributed by atoms with Crippen LogP contribution in [0.25, 0.3) is 0 Å². The molecular weight excluding hydrogens is 359 g/mol. The van der Waals surface area contributed by atoms with E-state index in [4.69, 9.17) is 0 Å². The number of hydrogen-bond donors (Lipinski definition) is 1. The highest BCUT2D eigenvalue weighted by atomic mass is 32.2. The van der Waals surface area contributed by atoms with Crippen molar-refractivity contribution in [1.29, 1.82) is 0 Å². The Morgan fingerprint density at radius 3 is 2.64 bits per heavy atom. The van der Waals surface area contributed by atoms with Gasteiger partial charge in [-0.2, -0.15) is 11.3 Å². The highest BCUT2D eigenvalue weighted by Crippen LogP contribution is 2.26. The molecule has 0 saturated carbocycles. The summed E-state index contributed by atoms with van der Waals surface area (Å²) in [6.45, 7) is 3.89. The van der Waals surface area contributed by atoms with Crippen LogP contribution in [0.1, 0.15) is 36.4 Å². The first-order valence-corrected chi connectivity index (χ1v) is 10.9. The second-order valence-corrected chi connectivity index (χ2v) is 8.95. The fourth-order valence-electron chi connectivity index (χ4n) is 3.33. The number of nitrogens with zero attached hydrogens (tertiary/aromatic N) is 1. The van der Waals surface area contributed by atoms with Crippen molar-refractivity contribution >= 4 is 21.4 Å². The summed E-state index contributed by atoms with van der Waals surface area (Å²) < 4.78 is 41.3. The van der Waals surface area contributed by atoms with Crippen molar-refractivity contribution in [3.8, 4) is 0 Å². The second kappa shape index (κ2) is 7.95. The summed E-state index contributed by atoms with van der Waals surface area (Å²) in [5.41, 5.74) is 1.56. The summed E-state index contributed by atoms with van der Waals surface area (Å²) >= 11 is 1.62. The van der Waals surface area contributed by atoms with Crippen LogP contribution in [0.15, 0.2) is 39.9 Å². The van der Waals surface area contributed by atoms with Gasteiger partial charge in [0.15, 0.2) is 0 Å². The lowest BCUT2D eigenvalue weighted by Gasteiger charge is -2.34. The molecule has 0 bridgehead atoms. The topological polar surface area (TPSA) is 49.4 Å².